The summed E-state index contributed by atoms with van der Waals surface area (Å²) in [5.41, 5.74) is 0.267. The molecule has 228 valence electrons. The maximum atomic E-state index is 13.8. The van der Waals surface area contributed by atoms with Crippen molar-refractivity contribution in [1.29, 1.82) is 0 Å². The number of fused-ring (bicyclic) bond motifs is 1. The Bertz CT molecular complexity index is 1090. The normalized spacial score (nSPS) is 22.4. The van der Waals surface area contributed by atoms with Crippen molar-refractivity contribution in [2.45, 2.75) is 44.9 Å². The maximum Gasteiger partial charge on any atom is 0.252 e. The van der Waals surface area contributed by atoms with Crippen LogP contribution < -0.4 is 14.8 Å². The van der Waals surface area contributed by atoms with E-state index in [4.69, 9.17) is 14.6 Å². The predicted molar refractivity (Wildman–Crippen MR) is 149 cm³/mol. The zero-order chi connectivity index (χ0) is 30.3. The molecule has 3 N–H and O–H groups in total. The molecule has 13 heteroatoms. The van der Waals surface area contributed by atoms with E-state index in [1.54, 1.807) is 30.9 Å². The first kappa shape index (κ1) is 32.1. The summed E-state index contributed by atoms with van der Waals surface area (Å²) in [6, 6.07) is 3.22. The molecular weight excluding hydrogens is 534 g/mol. The van der Waals surface area contributed by atoms with Crippen molar-refractivity contribution in [1.82, 2.24) is 24.9 Å². The minimum atomic E-state index is -1.02. The summed E-state index contributed by atoms with van der Waals surface area (Å²) in [5.74, 6) is -0.691. The molecule has 3 saturated heterocycles. The van der Waals surface area contributed by atoms with Crippen LogP contribution in [0.4, 0.5) is 0 Å². The van der Waals surface area contributed by atoms with Crippen LogP contribution in [0.15, 0.2) is 18.2 Å². The molecule has 41 heavy (non-hydrogen) atoms. The molecule has 3 atom stereocenters. The Labute approximate surface area is 240 Å². The van der Waals surface area contributed by atoms with Gasteiger partial charge in [-0.3, -0.25) is 19.2 Å². The Morgan fingerprint density at radius 1 is 1.07 bits per heavy atom. The van der Waals surface area contributed by atoms with Crippen LogP contribution in [0.2, 0.25) is 0 Å². The second-order valence-electron chi connectivity index (χ2n) is 10.5. The Balaban J connectivity index is 0.00000147. The molecule has 4 amide bonds. The standard InChI is InChI=1S/C26H37N5O7.C2H6O/c1-16(15-32)29-13-22-30(25(35)17-7-9-28(2)10-8-17)12-19(26(36)31(22)14-23(29)33)27-24(34)18-5-6-20(37-3)21(11-18)38-4;1-2-3/h5-6,11,16-17,19,22,32H,7-10,12-15H2,1-4H3,(H,27,34);3H,2H2,1H3. The number of nitrogens with zero attached hydrogens (tertiary/aromatic N) is 4. The number of amides is 4. The monoisotopic (exact) mass is 577 g/mol. The molecule has 3 aliphatic rings. The van der Waals surface area contributed by atoms with Gasteiger partial charge in [-0.25, -0.2) is 0 Å². The number of hydrogen-bond acceptors (Lipinski definition) is 9. The summed E-state index contributed by atoms with van der Waals surface area (Å²) in [6.07, 6.45) is 0.742. The van der Waals surface area contributed by atoms with E-state index in [9.17, 15) is 24.3 Å². The average Bonchev–Trinajstić information content (AvgIpc) is 2.98. The van der Waals surface area contributed by atoms with Crippen molar-refractivity contribution in [3.63, 3.8) is 0 Å². The first-order valence-corrected chi connectivity index (χ1v) is 13.9. The van der Waals surface area contributed by atoms with Crippen LogP contribution in [-0.4, -0.2) is 139 Å². The highest BCUT2D eigenvalue weighted by molar-refractivity contribution is 5.99. The van der Waals surface area contributed by atoms with Crippen LogP contribution in [0, 0.1) is 5.92 Å². The third kappa shape index (κ3) is 7.27. The lowest BCUT2D eigenvalue weighted by Gasteiger charge is -2.52. The second kappa shape index (κ2) is 14.5. The third-order valence-electron chi connectivity index (χ3n) is 7.76. The fourth-order valence-electron chi connectivity index (χ4n) is 5.38. The zero-order valence-electron chi connectivity index (χ0n) is 24.5. The van der Waals surface area contributed by atoms with Gasteiger partial charge in [-0.05, 0) is 65.0 Å². The number of carbonyl (C=O) groups is 4. The molecule has 0 aromatic heterocycles. The molecule has 1 aromatic rings. The molecule has 0 radical (unpaired) electrons. The van der Waals surface area contributed by atoms with Gasteiger partial charge in [0, 0.05) is 18.1 Å². The lowest BCUT2D eigenvalue weighted by Crippen LogP contribution is -2.74. The van der Waals surface area contributed by atoms with E-state index in [0.29, 0.717) is 24.3 Å². The Morgan fingerprint density at radius 2 is 1.71 bits per heavy atom. The molecule has 3 fully saturated rings. The van der Waals surface area contributed by atoms with Gasteiger partial charge in [0.05, 0.1) is 40.0 Å². The van der Waals surface area contributed by atoms with E-state index in [1.807, 2.05) is 7.05 Å². The number of methoxy groups -OCH3 is 2. The highest BCUT2D eigenvalue weighted by Crippen LogP contribution is 2.29. The molecule has 3 heterocycles. The average molecular weight is 578 g/mol. The number of carbonyl (C=O) groups excluding carboxylic acids is 4. The van der Waals surface area contributed by atoms with E-state index in [-0.39, 0.29) is 56.1 Å². The van der Waals surface area contributed by atoms with Gasteiger partial charge in [0.2, 0.25) is 17.7 Å². The number of hydrogen-bond donors (Lipinski definition) is 3. The maximum absolute atomic E-state index is 13.8. The summed E-state index contributed by atoms with van der Waals surface area (Å²) in [7, 11) is 4.97. The SMILES string of the molecule is CCO.COc1ccc(C(=O)NC2CN(C(=O)C3CCN(C)CC3)C3CN(C(C)CO)C(=O)CN3C2=O)cc1OC. The smallest absolute Gasteiger partial charge is 0.252 e. The van der Waals surface area contributed by atoms with Gasteiger partial charge >= 0.3 is 0 Å². The summed E-state index contributed by atoms with van der Waals surface area (Å²) in [5, 5.41) is 20.0. The molecule has 0 saturated carbocycles. The highest BCUT2D eigenvalue weighted by atomic mass is 16.5. The fraction of sp³-hybridized carbons (Fsp3) is 0.643. The lowest BCUT2D eigenvalue weighted by atomic mass is 9.94. The Morgan fingerprint density at radius 3 is 2.29 bits per heavy atom. The number of ether oxygens (including phenoxy) is 2. The predicted octanol–water partition coefficient (Wildman–Crippen LogP) is -0.637. The van der Waals surface area contributed by atoms with Crippen molar-refractivity contribution in [3.8, 4) is 11.5 Å². The molecule has 0 aliphatic carbocycles. The van der Waals surface area contributed by atoms with Gasteiger partial charge in [-0.15, -0.1) is 0 Å². The molecule has 1 aromatic carbocycles. The van der Waals surface area contributed by atoms with E-state index in [1.165, 1.54) is 30.1 Å². The van der Waals surface area contributed by atoms with Crippen LogP contribution in [-0.2, 0) is 14.4 Å². The number of benzene rings is 1. The van der Waals surface area contributed by atoms with Crippen molar-refractivity contribution in [3.05, 3.63) is 23.8 Å². The van der Waals surface area contributed by atoms with E-state index in [0.717, 1.165) is 13.1 Å². The minimum Gasteiger partial charge on any atom is -0.493 e. The summed E-state index contributed by atoms with van der Waals surface area (Å²) in [4.78, 5) is 60.1. The fourth-order valence-corrected chi connectivity index (χ4v) is 5.38. The minimum absolute atomic E-state index is 0.000259. The summed E-state index contributed by atoms with van der Waals surface area (Å²) in [6.45, 7) is 4.91. The number of rotatable bonds is 7. The Kier molecular flexibility index (Phi) is 11.3. The largest absolute Gasteiger partial charge is 0.493 e. The number of aliphatic hydroxyl groups excluding tert-OH is 2. The van der Waals surface area contributed by atoms with Crippen molar-refractivity contribution in [2.75, 3.05) is 67.2 Å². The molecule has 3 unspecified atom stereocenters. The van der Waals surface area contributed by atoms with Crippen molar-refractivity contribution >= 4 is 23.6 Å². The molecule has 4 rings (SSSR count). The second-order valence-corrected chi connectivity index (χ2v) is 10.5. The number of piperidine rings is 1. The van der Waals surface area contributed by atoms with Gasteiger partial charge in [0.1, 0.15) is 18.8 Å². The lowest BCUT2D eigenvalue weighted by molar-refractivity contribution is -0.173. The number of nitrogens with one attached hydrogen (secondary N) is 1. The van der Waals surface area contributed by atoms with Crippen molar-refractivity contribution in [2.24, 2.45) is 5.92 Å². The first-order chi connectivity index (χ1) is 19.6. The summed E-state index contributed by atoms with van der Waals surface area (Å²) >= 11 is 0. The molecule has 0 spiro atoms. The molecule has 13 nitrogen and oxygen atoms in total. The Hall–Kier alpha value is -3.42. The van der Waals surface area contributed by atoms with Crippen LogP contribution in [0.25, 0.3) is 0 Å². The first-order valence-electron chi connectivity index (χ1n) is 13.9. The number of piperazine rings is 1. The van der Waals surface area contributed by atoms with Crippen LogP contribution in [0.5, 0.6) is 11.5 Å². The number of likely N-dealkylation sites (tertiary alicyclic amines) is 1. The number of aliphatic hydroxyl groups is 2. The van der Waals surface area contributed by atoms with Crippen LogP contribution >= 0.6 is 0 Å². The van der Waals surface area contributed by atoms with Crippen molar-refractivity contribution < 1.29 is 38.9 Å². The molecule has 3 aliphatic heterocycles. The topological polar surface area (TPSA) is 152 Å². The van der Waals surface area contributed by atoms with E-state index in [2.05, 4.69) is 10.2 Å². The third-order valence-corrected chi connectivity index (χ3v) is 7.76. The van der Waals surface area contributed by atoms with Crippen LogP contribution in [0.3, 0.4) is 0 Å². The van der Waals surface area contributed by atoms with Crippen LogP contribution in [0.1, 0.15) is 37.0 Å². The summed E-state index contributed by atoms with van der Waals surface area (Å²) < 4.78 is 10.5. The molecular formula is C28H43N5O8. The van der Waals surface area contributed by atoms with Gasteiger partial charge in [-0.2, -0.15) is 0 Å². The van der Waals surface area contributed by atoms with Gasteiger partial charge < -0.3 is 44.6 Å². The van der Waals surface area contributed by atoms with Gasteiger partial charge in [0.25, 0.3) is 5.91 Å². The highest BCUT2D eigenvalue weighted by Gasteiger charge is 2.49. The van der Waals surface area contributed by atoms with E-state index >= 15 is 0 Å². The molecule has 0 bridgehead atoms. The zero-order valence-corrected chi connectivity index (χ0v) is 24.5. The van der Waals surface area contributed by atoms with Gasteiger partial charge in [0.15, 0.2) is 11.5 Å². The van der Waals surface area contributed by atoms with E-state index < -0.39 is 30.1 Å². The quantitative estimate of drug-likeness (QED) is 0.384. The van der Waals surface area contributed by atoms with Gasteiger partial charge in [-0.1, -0.05) is 0 Å².